The van der Waals surface area contributed by atoms with Crippen LogP contribution in [0.5, 0.6) is 0 Å². The molecule has 110 valence electrons. The molecule has 0 aromatic heterocycles. The molecular weight excluding hydrogens is 282 g/mol. The third kappa shape index (κ3) is 6.94. The third-order valence-electron chi connectivity index (χ3n) is 2.05. The largest absolute Gasteiger partial charge is 0.539 e. The first-order chi connectivity index (χ1) is 8.45. The Morgan fingerprint density at radius 2 is 1.56 bits per heavy atom. The second kappa shape index (κ2) is 9.14. The van der Waals surface area contributed by atoms with Crippen molar-refractivity contribution >= 4 is 16.7 Å². The van der Waals surface area contributed by atoms with E-state index in [4.69, 9.17) is 13.6 Å². The van der Waals surface area contributed by atoms with Gasteiger partial charge in [0.2, 0.25) is 0 Å². The van der Waals surface area contributed by atoms with Gasteiger partial charge in [0.25, 0.3) is 0 Å². The maximum atomic E-state index is 13.7. The maximum absolute atomic E-state index is 13.7. The van der Waals surface area contributed by atoms with Crippen LogP contribution in [-0.4, -0.2) is 42.9 Å². The maximum Gasteiger partial charge on any atom is 0.539 e. The second-order valence-electron chi connectivity index (χ2n) is 3.29. The zero-order chi connectivity index (χ0) is 14.1. The van der Waals surface area contributed by atoms with E-state index in [1.165, 1.54) is 14.2 Å². The minimum atomic E-state index is -3.58. The monoisotopic (exact) mass is 304 g/mol. The van der Waals surface area contributed by atoms with E-state index in [2.05, 4.69) is 8.85 Å². The topological polar surface area (TPSA) is 63.2 Å². The van der Waals surface area contributed by atoms with Gasteiger partial charge in [0, 0.05) is 20.3 Å². The normalized spacial score (nSPS) is 12.9. The van der Waals surface area contributed by atoms with Crippen LogP contribution in [0.3, 0.4) is 0 Å². The van der Waals surface area contributed by atoms with Gasteiger partial charge in [0.05, 0.1) is 19.8 Å². The Morgan fingerprint density at radius 1 is 1.06 bits per heavy atom. The van der Waals surface area contributed by atoms with Gasteiger partial charge in [-0.05, 0) is 20.3 Å². The van der Waals surface area contributed by atoms with E-state index >= 15 is 0 Å². The van der Waals surface area contributed by atoms with Crippen LogP contribution in [0.4, 0.5) is 4.11 Å². The Balaban J connectivity index is 4.04. The van der Waals surface area contributed by atoms with Crippen molar-refractivity contribution in [1.29, 1.82) is 0 Å². The minimum Gasteiger partial charge on any atom is -0.374 e. The Hall–Kier alpha value is 0.177. The average molecular weight is 304 g/mol. The zero-order valence-electron chi connectivity index (χ0n) is 11.3. The zero-order valence-corrected chi connectivity index (χ0v) is 13.2. The molecule has 9 heteroatoms. The first-order valence-corrected chi connectivity index (χ1v) is 9.14. The van der Waals surface area contributed by atoms with Crippen molar-refractivity contribution < 1.29 is 31.1 Å². The molecule has 0 aromatic rings. The molecule has 0 radical (unpaired) electrons. The van der Waals surface area contributed by atoms with Crippen molar-refractivity contribution in [2.45, 2.75) is 26.3 Å². The van der Waals surface area contributed by atoms with E-state index < -0.39 is 16.7 Å². The Morgan fingerprint density at radius 3 is 1.94 bits per heavy atom. The van der Waals surface area contributed by atoms with Crippen LogP contribution in [0.15, 0.2) is 0 Å². The van der Waals surface area contributed by atoms with E-state index in [1.807, 2.05) is 0 Å². The number of rotatable bonds is 11. The average Bonchev–Trinajstić information content (AvgIpc) is 2.35. The Labute approximate surface area is 109 Å². The van der Waals surface area contributed by atoms with Gasteiger partial charge in [-0.2, -0.15) is 0 Å². The van der Waals surface area contributed by atoms with Crippen LogP contribution >= 0.6 is 7.82 Å². The molecule has 0 bridgehead atoms. The molecule has 0 unspecified atom stereocenters. The summed E-state index contributed by atoms with van der Waals surface area (Å²) < 4.78 is 49.8. The van der Waals surface area contributed by atoms with Crippen LogP contribution in [0.2, 0.25) is 6.04 Å². The number of halogens is 1. The van der Waals surface area contributed by atoms with E-state index in [9.17, 15) is 8.67 Å². The van der Waals surface area contributed by atoms with Crippen molar-refractivity contribution in [3.8, 4) is 0 Å². The minimum absolute atomic E-state index is 0.0582. The first-order valence-electron chi connectivity index (χ1n) is 5.78. The van der Waals surface area contributed by atoms with E-state index in [0.29, 0.717) is 6.42 Å². The lowest BCUT2D eigenvalue weighted by atomic mass is 10.5. The first kappa shape index (κ1) is 18.2. The predicted octanol–water partition coefficient (Wildman–Crippen LogP) is 2.78. The van der Waals surface area contributed by atoms with Gasteiger partial charge in [-0.15, -0.1) is 0 Å². The molecule has 18 heavy (non-hydrogen) atoms. The number of hydrogen-bond acceptors (Lipinski definition) is 6. The second-order valence-corrected chi connectivity index (χ2v) is 7.59. The number of hydrogen-bond donors (Lipinski definition) is 0. The molecule has 6 nitrogen and oxygen atoms in total. The van der Waals surface area contributed by atoms with Crippen molar-refractivity contribution in [3.63, 3.8) is 0 Å². The summed E-state index contributed by atoms with van der Waals surface area (Å²) in [6.45, 7) is 3.86. The SMILES string of the molecule is CCOP(=O)(OCC)OCCC[Si](F)(OC)OC. The highest BCUT2D eigenvalue weighted by atomic mass is 31.2. The highest BCUT2D eigenvalue weighted by molar-refractivity contribution is 7.48. The molecule has 0 atom stereocenters. The summed E-state index contributed by atoms with van der Waals surface area (Å²) >= 11 is 0. The van der Waals surface area contributed by atoms with Gasteiger partial charge in [0.1, 0.15) is 0 Å². The summed E-state index contributed by atoms with van der Waals surface area (Å²) in [6.07, 6.45) is 0.314. The lowest BCUT2D eigenvalue weighted by molar-refractivity contribution is 0.119. The van der Waals surface area contributed by atoms with Crippen LogP contribution in [0.1, 0.15) is 20.3 Å². The smallest absolute Gasteiger partial charge is 0.374 e. The quantitative estimate of drug-likeness (QED) is 0.253. The van der Waals surface area contributed by atoms with E-state index in [1.54, 1.807) is 13.8 Å². The predicted molar refractivity (Wildman–Crippen MR) is 67.1 cm³/mol. The van der Waals surface area contributed by atoms with Gasteiger partial charge in [-0.25, -0.2) is 8.67 Å². The fourth-order valence-corrected chi connectivity index (χ4v) is 3.53. The van der Waals surface area contributed by atoms with Crippen molar-refractivity contribution in [1.82, 2.24) is 0 Å². The molecule has 0 amide bonds. The highest BCUT2D eigenvalue weighted by Gasteiger charge is 2.37. The van der Waals surface area contributed by atoms with Crippen LogP contribution in [0.25, 0.3) is 0 Å². The molecule has 0 aliphatic carbocycles. The van der Waals surface area contributed by atoms with Crippen molar-refractivity contribution in [3.05, 3.63) is 0 Å². The summed E-state index contributed by atoms with van der Waals surface area (Å²) in [5.41, 5.74) is 0. The molecule has 0 saturated carbocycles. The number of phosphoric acid groups is 1. The molecular formula is C9H22FO6PSi. The lowest BCUT2D eigenvalue weighted by Gasteiger charge is -2.19. The van der Waals surface area contributed by atoms with E-state index in [-0.39, 0.29) is 25.9 Å². The van der Waals surface area contributed by atoms with Crippen LogP contribution in [-0.2, 0) is 27.0 Å². The molecule has 0 aromatic carbocycles. The molecule has 0 aliphatic heterocycles. The number of phosphoric ester groups is 1. The molecule has 0 aliphatic rings. The molecule has 0 spiro atoms. The molecule has 0 rings (SSSR count). The fourth-order valence-electron chi connectivity index (χ4n) is 1.18. The highest BCUT2D eigenvalue weighted by Crippen LogP contribution is 2.49. The van der Waals surface area contributed by atoms with Crippen molar-refractivity contribution in [2.24, 2.45) is 0 Å². The summed E-state index contributed by atoms with van der Waals surface area (Å²) in [5.74, 6) is 0. The Bertz CT molecular complexity index is 253. The summed E-state index contributed by atoms with van der Waals surface area (Å²) in [4.78, 5) is 0. The standard InChI is InChI=1S/C9H22FO6PSi/c1-5-14-17(11,15-6-2)16-8-7-9-18(10,12-3)13-4/h5-9H2,1-4H3. The van der Waals surface area contributed by atoms with E-state index in [0.717, 1.165) is 0 Å². The molecule has 0 fully saturated rings. The van der Waals surface area contributed by atoms with Gasteiger partial charge in [0.15, 0.2) is 0 Å². The molecule has 0 saturated heterocycles. The summed E-state index contributed by atoms with van der Waals surface area (Å²) in [6, 6.07) is 0.0955. The summed E-state index contributed by atoms with van der Waals surface area (Å²) in [7, 11) is -4.56. The fraction of sp³-hybridized carbons (Fsp3) is 1.00. The third-order valence-corrected chi connectivity index (χ3v) is 5.87. The van der Waals surface area contributed by atoms with Gasteiger partial charge >= 0.3 is 16.7 Å². The molecule has 0 heterocycles. The molecule has 0 N–H and O–H groups in total. The van der Waals surface area contributed by atoms with Crippen molar-refractivity contribution in [2.75, 3.05) is 34.0 Å². The van der Waals surface area contributed by atoms with Gasteiger partial charge < -0.3 is 8.85 Å². The Kier molecular flexibility index (Phi) is 9.23. The van der Waals surface area contributed by atoms with Gasteiger partial charge in [-0.1, -0.05) is 0 Å². The van der Waals surface area contributed by atoms with Crippen LogP contribution < -0.4 is 0 Å². The lowest BCUT2D eigenvalue weighted by Crippen LogP contribution is -2.34. The van der Waals surface area contributed by atoms with Gasteiger partial charge in [-0.3, -0.25) is 13.6 Å². The summed E-state index contributed by atoms with van der Waals surface area (Å²) in [5, 5.41) is 0. The van der Waals surface area contributed by atoms with Crippen LogP contribution in [0, 0.1) is 0 Å².